The Morgan fingerprint density at radius 2 is 1.90 bits per heavy atom. The van der Waals surface area contributed by atoms with Gasteiger partial charge in [0.25, 0.3) is 5.91 Å². The van der Waals surface area contributed by atoms with E-state index in [0.29, 0.717) is 21.7 Å². The highest BCUT2D eigenvalue weighted by Gasteiger charge is 2.26. The van der Waals surface area contributed by atoms with Crippen LogP contribution >= 0.6 is 23.2 Å². The molecule has 29 heavy (non-hydrogen) atoms. The molecule has 1 amide bonds. The predicted molar refractivity (Wildman–Crippen MR) is 118 cm³/mol. The first-order chi connectivity index (χ1) is 13.9. The summed E-state index contributed by atoms with van der Waals surface area (Å²) in [7, 11) is 0. The van der Waals surface area contributed by atoms with Crippen molar-refractivity contribution in [3.8, 4) is 5.75 Å². The van der Waals surface area contributed by atoms with E-state index < -0.39 is 0 Å². The fraction of sp³-hybridized carbons (Fsp3) is 0.348. The molecule has 1 fully saturated rings. The number of aryl methyl sites for hydroxylation is 2. The van der Waals surface area contributed by atoms with E-state index in [0.717, 1.165) is 25.9 Å². The van der Waals surface area contributed by atoms with E-state index in [1.54, 1.807) is 18.2 Å². The number of aromatic amines is 1. The van der Waals surface area contributed by atoms with Crippen LogP contribution in [0.1, 0.15) is 35.6 Å². The van der Waals surface area contributed by atoms with E-state index in [9.17, 15) is 4.79 Å². The first kappa shape index (κ1) is 20.1. The van der Waals surface area contributed by atoms with Gasteiger partial charge < -0.3 is 14.6 Å². The highest BCUT2D eigenvalue weighted by Crippen LogP contribution is 2.34. The largest absolute Gasteiger partial charge is 0.482 e. The minimum absolute atomic E-state index is 0.0153. The van der Waals surface area contributed by atoms with Crippen LogP contribution in [-0.2, 0) is 4.79 Å². The second kappa shape index (κ2) is 8.29. The Bertz CT molecular complexity index is 1050. The maximum Gasteiger partial charge on any atom is 0.260 e. The highest BCUT2D eigenvalue weighted by molar-refractivity contribution is 6.35. The number of rotatable bonds is 4. The molecule has 2 aromatic carbocycles. The van der Waals surface area contributed by atoms with E-state index in [1.165, 1.54) is 27.7 Å². The van der Waals surface area contributed by atoms with Crippen LogP contribution in [0.3, 0.4) is 0 Å². The van der Waals surface area contributed by atoms with Gasteiger partial charge in [-0.3, -0.25) is 4.79 Å². The lowest BCUT2D eigenvalue weighted by atomic mass is 9.91. The van der Waals surface area contributed by atoms with Crippen molar-refractivity contribution in [1.29, 1.82) is 0 Å². The molecule has 0 bridgehead atoms. The topological polar surface area (TPSA) is 45.3 Å². The number of fused-ring (bicyclic) bond motifs is 1. The average Bonchev–Trinajstić information content (AvgIpc) is 3.03. The molecule has 0 atom stereocenters. The van der Waals surface area contributed by atoms with Crippen LogP contribution in [0.5, 0.6) is 5.75 Å². The zero-order valence-electron chi connectivity index (χ0n) is 16.6. The Morgan fingerprint density at radius 1 is 1.14 bits per heavy atom. The molecule has 6 heteroatoms. The number of likely N-dealkylation sites (tertiary alicyclic amines) is 1. The summed E-state index contributed by atoms with van der Waals surface area (Å²) in [4.78, 5) is 18.0. The third kappa shape index (κ3) is 4.24. The smallest absolute Gasteiger partial charge is 0.260 e. The Hall–Kier alpha value is -2.17. The molecule has 4 nitrogen and oxygen atoms in total. The van der Waals surface area contributed by atoms with Gasteiger partial charge in [-0.25, -0.2) is 0 Å². The van der Waals surface area contributed by atoms with Crippen molar-refractivity contribution in [2.45, 2.75) is 32.6 Å². The first-order valence-electron chi connectivity index (χ1n) is 9.87. The number of hydrogen-bond acceptors (Lipinski definition) is 2. The summed E-state index contributed by atoms with van der Waals surface area (Å²) in [5.41, 5.74) is 5.10. The van der Waals surface area contributed by atoms with E-state index in [1.807, 2.05) is 4.90 Å². The number of nitrogens with zero attached hydrogens (tertiary/aromatic N) is 1. The predicted octanol–water partition coefficient (Wildman–Crippen LogP) is 5.88. The average molecular weight is 431 g/mol. The lowest BCUT2D eigenvalue weighted by molar-refractivity contribution is -0.134. The molecule has 152 valence electrons. The van der Waals surface area contributed by atoms with Gasteiger partial charge in [0.2, 0.25) is 0 Å². The van der Waals surface area contributed by atoms with E-state index in [2.05, 4.69) is 37.0 Å². The van der Waals surface area contributed by atoms with Gasteiger partial charge in [-0.15, -0.1) is 0 Å². The molecule has 0 aliphatic carbocycles. The van der Waals surface area contributed by atoms with Crippen LogP contribution in [0.4, 0.5) is 0 Å². The summed E-state index contributed by atoms with van der Waals surface area (Å²) in [6.07, 6.45) is 1.89. The Balaban J connectivity index is 1.36. The van der Waals surface area contributed by atoms with E-state index in [4.69, 9.17) is 27.9 Å². The van der Waals surface area contributed by atoms with Crippen LogP contribution in [-0.4, -0.2) is 35.5 Å². The number of aromatic nitrogens is 1. The number of hydrogen-bond donors (Lipinski definition) is 1. The highest BCUT2D eigenvalue weighted by atomic mass is 35.5. The van der Waals surface area contributed by atoms with Gasteiger partial charge in [0.15, 0.2) is 6.61 Å². The van der Waals surface area contributed by atoms with E-state index in [-0.39, 0.29) is 12.5 Å². The maximum absolute atomic E-state index is 12.6. The Morgan fingerprint density at radius 3 is 2.62 bits per heavy atom. The second-order valence-electron chi connectivity index (χ2n) is 7.73. The van der Waals surface area contributed by atoms with Crippen molar-refractivity contribution in [3.05, 3.63) is 63.3 Å². The first-order valence-corrected chi connectivity index (χ1v) is 10.6. The molecule has 4 rings (SSSR count). The summed E-state index contributed by atoms with van der Waals surface area (Å²) in [5, 5.41) is 2.25. The number of ether oxygens (including phenoxy) is 1. The lowest BCUT2D eigenvalue weighted by Crippen LogP contribution is -2.40. The van der Waals surface area contributed by atoms with Gasteiger partial charge in [-0.2, -0.15) is 0 Å². The van der Waals surface area contributed by atoms with Gasteiger partial charge >= 0.3 is 0 Å². The summed E-state index contributed by atoms with van der Waals surface area (Å²) >= 11 is 12.0. The number of H-pyrrole nitrogens is 1. The standard InChI is InChI=1S/C23H24Cl2N2O2/c1-14-3-5-20-18(11-14)15(2)23(26-20)16-7-9-27(10-8-16)22(28)13-29-21-6-4-17(24)12-19(21)25/h3-6,11-12,16,26H,7-10,13H2,1-2H3. The molecule has 0 saturated carbocycles. The van der Waals surface area contributed by atoms with Crippen LogP contribution in [0.2, 0.25) is 10.0 Å². The zero-order chi connectivity index (χ0) is 20.5. The number of piperidine rings is 1. The quantitative estimate of drug-likeness (QED) is 0.561. The fourth-order valence-electron chi connectivity index (χ4n) is 4.11. The van der Waals surface area contributed by atoms with Crippen molar-refractivity contribution < 1.29 is 9.53 Å². The van der Waals surface area contributed by atoms with Gasteiger partial charge in [-0.1, -0.05) is 34.8 Å². The summed E-state index contributed by atoms with van der Waals surface area (Å²) in [5.74, 6) is 0.903. The third-order valence-corrected chi connectivity index (χ3v) is 6.28. The van der Waals surface area contributed by atoms with Crippen LogP contribution in [0.25, 0.3) is 10.9 Å². The third-order valence-electron chi connectivity index (χ3n) is 5.75. The number of carbonyl (C=O) groups excluding carboxylic acids is 1. The summed E-state index contributed by atoms with van der Waals surface area (Å²) in [6, 6.07) is 11.5. The molecular formula is C23H24Cl2N2O2. The Kier molecular flexibility index (Phi) is 5.75. The minimum Gasteiger partial charge on any atom is -0.482 e. The summed E-state index contributed by atoms with van der Waals surface area (Å²) in [6.45, 7) is 5.75. The number of halogens is 2. The van der Waals surface area contributed by atoms with Crippen molar-refractivity contribution in [2.24, 2.45) is 0 Å². The Labute approximate surface area is 180 Å². The van der Waals surface area contributed by atoms with Crippen LogP contribution in [0, 0.1) is 13.8 Å². The number of carbonyl (C=O) groups is 1. The number of amides is 1. The van der Waals surface area contributed by atoms with Crippen molar-refractivity contribution >= 4 is 40.0 Å². The molecule has 1 aliphatic rings. The number of benzene rings is 2. The van der Waals surface area contributed by atoms with Gasteiger partial charge in [-0.05, 0) is 62.6 Å². The molecule has 1 aromatic heterocycles. The monoisotopic (exact) mass is 430 g/mol. The van der Waals surface area contributed by atoms with Crippen molar-refractivity contribution in [1.82, 2.24) is 9.88 Å². The molecule has 0 spiro atoms. The molecule has 1 N–H and O–H groups in total. The van der Waals surface area contributed by atoms with Gasteiger partial charge in [0.1, 0.15) is 5.75 Å². The van der Waals surface area contributed by atoms with Crippen molar-refractivity contribution in [2.75, 3.05) is 19.7 Å². The SMILES string of the molecule is Cc1ccc2[nH]c(C3CCN(C(=O)COc4ccc(Cl)cc4Cl)CC3)c(C)c2c1. The lowest BCUT2D eigenvalue weighted by Gasteiger charge is -2.32. The molecule has 0 unspecified atom stereocenters. The molecule has 1 aliphatic heterocycles. The van der Waals surface area contributed by atoms with E-state index >= 15 is 0 Å². The van der Waals surface area contributed by atoms with Crippen LogP contribution < -0.4 is 4.74 Å². The van der Waals surface area contributed by atoms with Gasteiger partial charge in [0.05, 0.1) is 5.02 Å². The van der Waals surface area contributed by atoms with Gasteiger partial charge in [0, 0.05) is 40.6 Å². The fourth-order valence-corrected chi connectivity index (χ4v) is 4.57. The molecule has 1 saturated heterocycles. The summed E-state index contributed by atoms with van der Waals surface area (Å²) < 4.78 is 5.60. The molecule has 0 radical (unpaired) electrons. The second-order valence-corrected chi connectivity index (χ2v) is 8.57. The van der Waals surface area contributed by atoms with Crippen LogP contribution in [0.15, 0.2) is 36.4 Å². The minimum atomic E-state index is -0.0172. The maximum atomic E-state index is 12.6. The normalized spacial score (nSPS) is 15.1. The van der Waals surface area contributed by atoms with Crippen molar-refractivity contribution in [3.63, 3.8) is 0 Å². The molecular weight excluding hydrogens is 407 g/mol. The molecule has 3 aromatic rings. The number of nitrogens with one attached hydrogen (secondary N) is 1. The zero-order valence-corrected chi connectivity index (χ0v) is 18.1. The molecule has 2 heterocycles.